The van der Waals surface area contributed by atoms with Crippen LogP contribution in [0.3, 0.4) is 0 Å². The van der Waals surface area contributed by atoms with E-state index in [2.05, 4.69) is 20.4 Å². The van der Waals surface area contributed by atoms with Gasteiger partial charge in [-0.1, -0.05) is 0 Å². The van der Waals surface area contributed by atoms with Crippen LogP contribution in [0.4, 0.5) is 24.8 Å². The van der Waals surface area contributed by atoms with Gasteiger partial charge in [0.2, 0.25) is 0 Å². The minimum atomic E-state index is -1.69. The third kappa shape index (κ3) is 3.32. The number of carbonyl (C=O) groups excluding carboxylic acids is 1. The van der Waals surface area contributed by atoms with Crippen LogP contribution in [-0.4, -0.2) is 29.2 Å². The number of hydrogen-bond acceptors (Lipinski definition) is 4. The normalized spacial score (nSPS) is 14.5. The third-order valence-electron chi connectivity index (χ3n) is 3.85. The summed E-state index contributed by atoms with van der Waals surface area (Å²) in [4.78, 5) is 14.1. The van der Waals surface area contributed by atoms with Gasteiger partial charge >= 0.3 is 0 Å². The summed E-state index contributed by atoms with van der Waals surface area (Å²) < 4.78 is 39.7. The number of nitrogens with zero attached hydrogens (tertiary/aromatic N) is 3. The Labute approximate surface area is 136 Å². The van der Waals surface area contributed by atoms with Crippen molar-refractivity contribution in [2.24, 2.45) is 0 Å². The van der Waals surface area contributed by atoms with Crippen LogP contribution in [-0.2, 0) is 0 Å². The smallest absolute Gasteiger partial charge is 0.259 e. The lowest BCUT2D eigenvalue weighted by atomic mass is 10.1. The molecule has 1 aliphatic rings. The number of benzene rings is 1. The van der Waals surface area contributed by atoms with Crippen LogP contribution >= 0.6 is 0 Å². The summed E-state index contributed by atoms with van der Waals surface area (Å²) in [6.07, 6.45) is 3.38. The van der Waals surface area contributed by atoms with Crippen LogP contribution in [0.15, 0.2) is 24.3 Å². The molecule has 126 valence electrons. The highest BCUT2D eigenvalue weighted by atomic mass is 19.2. The van der Waals surface area contributed by atoms with E-state index >= 15 is 0 Å². The van der Waals surface area contributed by atoms with Crippen molar-refractivity contribution < 1.29 is 18.0 Å². The second-order valence-electron chi connectivity index (χ2n) is 5.50. The molecule has 0 radical (unpaired) electrons. The average Bonchev–Trinajstić information content (AvgIpc) is 2.61. The zero-order valence-electron chi connectivity index (χ0n) is 12.7. The van der Waals surface area contributed by atoms with Crippen LogP contribution in [0.5, 0.6) is 0 Å². The van der Waals surface area contributed by atoms with Gasteiger partial charge in [0, 0.05) is 13.1 Å². The molecule has 2 aromatic rings. The molecular formula is C16H15F3N4O. The van der Waals surface area contributed by atoms with E-state index in [9.17, 15) is 18.0 Å². The second kappa shape index (κ2) is 6.86. The Hall–Kier alpha value is -2.64. The summed E-state index contributed by atoms with van der Waals surface area (Å²) in [6, 6.07) is 4.80. The molecule has 1 aromatic heterocycles. The van der Waals surface area contributed by atoms with Crippen molar-refractivity contribution in [3.63, 3.8) is 0 Å². The Kier molecular flexibility index (Phi) is 4.64. The highest BCUT2D eigenvalue weighted by Crippen LogP contribution is 2.19. The highest BCUT2D eigenvalue weighted by Gasteiger charge is 2.19. The van der Waals surface area contributed by atoms with Crippen LogP contribution in [0.2, 0.25) is 0 Å². The van der Waals surface area contributed by atoms with Gasteiger partial charge < -0.3 is 10.2 Å². The third-order valence-corrected chi connectivity index (χ3v) is 3.85. The number of carbonyl (C=O) groups is 1. The number of amides is 1. The monoisotopic (exact) mass is 336 g/mol. The molecule has 1 fully saturated rings. The van der Waals surface area contributed by atoms with Gasteiger partial charge in [-0.2, -0.15) is 0 Å². The topological polar surface area (TPSA) is 58.1 Å². The van der Waals surface area contributed by atoms with Crippen molar-refractivity contribution in [3.8, 4) is 0 Å². The first-order valence-electron chi connectivity index (χ1n) is 7.60. The molecule has 5 nitrogen and oxygen atoms in total. The van der Waals surface area contributed by atoms with Crippen molar-refractivity contribution in [1.29, 1.82) is 0 Å². The fourth-order valence-corrected chi connectivity index (χ4v) is 2.57. The molecule has 1 aliphatic heterocycles. The van der Waals surface area contributed by atoms with Crippen molar-refractivity contribution >= 4 is 17.5 Å². The lowest BCUT2D eigenvalue weighted by Crippen LogP contribution is -2.30. The molecule has 24 heavy (non-hydrogen) atoms. The van der Waals surface area contributed by atoms with Crippen molar-refractivity contribution in [1.82, 2.24) is 10.2 Å². The van der Waals surface area contributed by atoms with Crippen molar-refractivity contribution in [2.45, 2.75) is 19.3 Å². The summed E-state index contributed by atoms with van der Waals surface area (Å²) in [5.74, 6) is -4.70. The molecule has 8 heteroatoms. The predicted molar refractivity (Wildman–Crippen MR) is 82.4 cm³/mol. The molecule has 0 spiro atoms. The maximum atomic E-state index is 13.6. The quantitative estimate of drug-likeness (QED) is 0.875. The molecule has 0 atom stereocenters. The van der Waals surface area contributed by atoms with Gasteiger partial charge in [-0.05, 0) is 43.5 Å². The zero-order valence-corrected chi connectivity index (χ0v) is 12.7. The van der Waals surface area contributed by atoms with Crippen LogP contribution in [0.1, 0.15) is 29.6 Å². The van der Waals surface area contributed by atoms with E-state index in [1.165, 1.54) is 12.5 Å². The average molecular weight is 336 g/mol. The molecule has 1 aromatic carbocycles. The van der Waals surface area contributed by atoms with Gasteiger partial charge in [-0.25, -0.2) is 13.2 Å². The first-order chi connectivity index (χ1) is 11.6. The SMILES string of the molecule is O=C(Nc1ccc(N2CCCCC2)nn1)c1ccc(F)c(F)c1F. The number of piperidine rings is 1. The Balaban J connectivity index is 1.72. The van der Waals surface area contributed by atoms with Crippen molar-refractivity contribution in [3.05, 3.63) is 47.3 Å². The van der Waals surface area contributed by atoms with E-state index in [1.54, 1.807) is 6.07 Å². The van der Waals surface area contributed by atoms with Crippen LogP contribution in [0, 0.1) is 17.5 Å². The number of aromatic nitrogens is 2. The zero-order chi connectivity index (χ0) is 17.1. The molecular weight excluding hydrogens is 321 g/mol. The van der Waals surface area contributed by atoms with Gasteiger partial charge in [0.15, 0.2) is 29.1 Å². The molecule has 0 aliphatic carbocycles. The maximum Gasteiger partial charge on any atom is 0.259 e. The molecule has 3 rings (SSSR count). The van der Waals surface area contributed by atoms with Gasteiger partial charge in [-0.15, -0.1) is 10.2 Å². The first-order valence-corrected chi connectivity index (χ1v) is 7.60. The van der Waals surface area contributed by atoms with Crippen LogP contribution < -0.4 is 10.2 Å². The lowest BCUT2D eigenvalue weighted by molar-refractivity contribution is 0.102. The summed E-state index contributed by atoms with van der Waals surface area (Å²) in [7, 11) is 0. The van der Waals surface area contributed by atoms with E-state index in [1.807, 2.05) is 0 Å². The van der Waals surface area contributed by atoms with E-state index in [4.69, 9.17) is 0 Å². The van der Waals surface area contributed by atoms with Gasteiger partial charge in [0.05, 0.1) is 5.56 Å². The van der Waals surface area contributed by atoms with Crippen molar-refractivity contribution in [2.75, 3.05) is 23.3 Å². The summed E-state index contributed by atoms with van der Waals surface area (Å²) in [5.41, 5.74) is -0.601. The van der Waals surface area contributed by atoms with Crippen LogP contribution in [0.25, 0.3) is 0 Å². The maximum absolute atomic E-state index is 13.6. The largest absolute Gasteiger partial charge is 0.355 e. The Morgan fingerprint density at radius 3 is 2.38 bits per heavy atom. The van der Waals surface area contributed by atoms with E-state index in [0.29, 0.717) is 11.9 Å². The molecule has 1 N–H and O–H groups in total. The summed E-state index contributed by atoms with van der Waals surface area (Å²) in [5, 5.41) is 10.2. The minimum absolute atomic E-state index is 0.102. The Morgan fingerprint density at radius 2 is 1.71 bits per heavy atom. The number of hydrogen-bond donors (Lipinski definition) is 1. The Morgan fingerprint density at radius 1 is 0.958 bits per heavy atom. The van der Waals surface area contributed by atoms with E-state index in [-0.39, 0.29) is 5.82 Å². The standard InChI is InChI=1S/C16H15F3N4O/c17-11-5-4-10(14(18)15(11)19)16(24)20-12-6-7-13(22-21-12)23-8-2-1-3-9-23/h4-7H,1-3,8-9H2,(H,20,21,24). The number of halogens is 3. The summed E-state index contributed by atoms with van der Waals surface area (Å²) >= 11 is 0. The Bertz CT molecular complexity index is 746. The highest BCUT2D eigenvalue weighted by molar-refractivity contribution is 6.03. The molecule has 1 saturated heterocycles. The molecule has 0 unspecified atom stereocenters. The molecule has 0 bridgehead atoms. The fourth-order valence-electron chi connectivity index (χ4n) is 2.57. The molecule has 0 saturated carbocycles. The number of nitrogens with one attached hydrogen (secondary N) is 1. The molecule has 1 amide bonds. The van der Waals surface area contributed by atoms with E-state index in [0.717, 1.165) is 32.0 Å². The molecule has 2 heterocycles. The number of rotatable bonds is 3. The summed E-state index contributed by atoms with van der Waals surface area (Å²) in [6.45, 7) is 1.81. The first kappa shape index (κ1) is 16.2. The van der Waals surface area contributed by atoms with Gasteiger partial charge in [-0.3, -0.25) is 4.79 Å². The predicted octanol–water partition coefficient (Wildman–Crippen LogP) is 3.14. The number of anilines is 2. The van der Waals surface area contributed by atoms with Gasteiger partial charge in [0.1, 0.15) is 0 Å². The minimum Gasteiger partial charge on any atom is -0.355 e. The fraction of sp³-hybridized carbons (Fsp3) is 0.312. The lowest BCUT2D eigenvalue weighted by Gasteiger charge is -2.27. The van der Waals surface area contributed by atoms with E-state index < -0.39 is 28.9 Å². The van der Waals surface area contributed by atoms with Gasteiger partial charge in [0.25, 0.3) is 5.91 Å². The second-order valence-corrected chi connectivity index (χ2v) is 5.50.